The molecule has 1 amide bonds. The van der Waals surface area contributed by atoms with E-state index in [0.29, 0.717) is 5.56 Å². The standard InChI is InChI=1S/C12H14N2O5/c1-8-9(4-3-5-10(8)14(17)18)12(16)13-7-6-11(15)19-2/h3-5H,6-7H2,1-2H3,(H,13,16). The molecule has 0 saturated carbocycles. The number of nitrogens with zero attached hydrogens (tertiary/aromatic N) is 1. The molecule has 19 heavy (non-hydrogen) atoms. The number of carbonyl (C=O) groups is 2. The summed E-state index contributed by atoms with van der Waals surface area (Å²) in [5.74, 6) is -0.888. The summed E-state index contributed by atoms with van der Waals surface area (Å²) in [4.78, 5) is 32.9. The maximum atomic E-state index is 11.8. The molecule has 1 aromatic carbocycles. The topological polar surface area (TPSA) is 98.5 Å². The minimum absolute atomic E-state index is 0.0518. The smallest absolute Gasteiger partial charge is 0.307 e. The van der Waals surface area contributed by atoms with Gasteiger partial charge in [0.25, 0.3) is 11.6 Å². The van der Waals surface area contributed by atoms with Gasteiger partial charge in [-0.3, -0.25) is 19.7 Å². The highest BCUT2D eigenvalue weighted by Gasteiger charge is 2.17. The van der Waals surface area contributed by atoms with E-state index in [2.05, 4.69) is 10.1 Å². The normalized spacial score (nSPS) is 9.79. The number of nitro benzene ring substituents is 1. The van der Waals surface area contributed by atoms with Crippen LogP contribution in [0.25, 0.3) is 0 Å². The third kappa shape index (κ3) is 3.77. The monoisotopic (exact) mass is 266 g/mol. The molecule has 0 unspecified atom stereocenters. The van der Waals surface area contributed by atoms with Crippen LogP contribution in [0.1, 0.15) is 22.3 Å². The molecular formula is C12H14N2O5. The van der Waals surface area contributed by atoms with E-state index >= 15 is 0 Å². The minimum Gasteiger partial charge on any atom is -0.469 e. The number of nitrogens with one attached hydrogen (secondary N) is 1. The quantitative estimate of drug-likeness (QED) is 0.490. The second kappa shape index (κ2) is 6.48. The fraction of sp³-hybridized carbons (Fsp3) is 0.333. The van der Waals surface area contributed by atoms with E-state index in [1.165, 1.54) is 32.2 Å². The van der Waals surface area contributed by atoms with Crippen molar-refractivity contribution in [1.82, 2.24) is 5.32 Å². The number of carbonyl (C=O) groups excluding carboxylic acids is 2. The first kappa shape index (κ1) is 14.6. The van der Waals surface area contributed by atoms with Crippen LogP contribution in [-0.2, 0) is 9.53 Å². The second-order valence-corrected chi connectivity index (χ2v) is 3.79. The maximum absolute atomic E-state index is 11.8. The van der Waals surface area contributed by atoms with Gasteiger partial charge in [0.05, 0.1) is 18.5 Å². The molecule has 7 nitrogen and oxygen atoms in total. The summed E-state index contributed by atoms with van der Waals surface area (Å²) in [7, 11) is 1.26. The number of rotatable bonds is 5. The zero-order chi connectivity index (χ0) is 14.4. The van der Waals surface area contributed by atoms with Gasteiger partial charge in [-0.25, -0.2) is 0 Å². The summed E-state index contributed by atoms with van der Waals surface area (Å²) in [5.41, 5.74) is 0.405. The predicted molar refractivity (Wildman–Crippen MR) is 66.8 cm³/mol. The van der Waals surface area contributed by atoms with Crippen LogP contribution in [0.5, 0.6) is 0 Å². The lowest BCUT2D eigenvalue weighted by Crippen LogP contribution is -2.27. The Kier molecular flexibility index (Phi) is 4.99. The molecule has 0 spiro atoms. The molecule has 0 aromatic heterocycles. The average Bonchev–Trinajstić information content (AvgIpc) is 2.38. The molecule has 0 fully saturated rings. The Balaban J connectivity index is 2.75. The Hall–Kier alpha value is -2.44. The average molecular weight is 266 g/mol. The number of hydrogen-bond donors (Lipinski definition) is 1. The van der Waals surface area contributed by atoms with Gasteiger partial charge >= 0.3 is 5.97 Å². The van der Waals surface area contributed by atoms with Crippen LogP contribution in [0.2, 0.25) is 0 Å². The predicted octanol–water partition coefficient (Wildman–Crippen LogP) is 1.20. The SMILES string of the molecule is COC(=O)CCNC(=O)c1cccc([N+](=O)[O-])c1C. The van der Waals surface area contributed by atoms with E-state index in [1.54, 1.807) is 0 Å². The highest BCUT2D eigenvalue weighted by Crippen LogP contribution is 2.20. The first-order valence-electron chi connectivity index (χ1n) is 5.56. The van der Waals surface area contributed by atoms with Gasteiger partial charge < -0.3 is 10.1 Å². The first-order valence-corrected chi connectivity index (χ1v) is 5.56. The summed E-state index contributed by atoms with van der Waals surface area (Å²) in [6.45, 7) is 1.63. The van der Waals surface area contributed by atoms with Gasteiger partial charge in [0.2, 0.25) is 0 Å². The highest BCUT2D eigenvalue weighted by molar-refractivity contribution is 5.96. The summed E-state index contributed by atoms with van der Waals surface area (Å²) in [6, 6.07) is 4.27. The van der Waals surface area contributed by atoms with Crippen LogP contribution in [0, 0.1) is 17.0 Å². The maximum Gasteiger partial charge on any atom is 0.307 e. The van der Waals surface area contributed by atoms with Gasteiger partial charge in [-0.15, -0.1) is 0 Å². The van der Waals surface area contributed by atoms with Crippen molar-refractivity contribution in [3.63, 3.8) is 0 Å². The fourth-order valence-electron chi connectivity index (χ4n) is 1.54. The number of esters is 1. The highest BCUT2D eigenvalue weighted by atomic mass is 16.6. The number of benzene rings is 1. The Labute approximate surface area is 109 Å². The lowest BCUT2D eigenvalue weighted by Gasteiger charge is -2.07. The van der Waals surface area contributed by atoms with Crippen LogP contribution < -0.4 is 5.32 Å². The largest absolute Gasteiger partial charge is 0.469 e. The third-order valence-corrected chi connectivity index (χ3v) is 2.59. The molecule has 0 bridgehead atoms. The Morgan fingerprint density at radius 3 is 2.68 bits per heavy atom. The van der Waals surface area contributed by atoms with Crippen molar-refractivity contribution in [2.75, 3.05) is 13.7 Å². The van der Waals surface area contributed by atoms with Crippen molar-refractivity contribution in [2.45, 2.75) is 13.3 Å². The van der Waals surface area contributed by atoms with E-state index in [0.717, 1.165) is 0 Å². The molecule has 0 radical (unpaired) electrons. The molecule has 0 aliphatic heterocycles. The van der Waals surface area contributed by atoms with Crippen LogP contribution in [-0.4, -0.2) is 30.5 Å². The summed E-state index contributed by atoms with van der Waals surface area (Å²) >= 11 is 0. The zero-order valence-corrected chi connectivity index (χ0v) is 10.6. The Bertz CT molecular complexity index is 513. The lowest BCUT2D eigenvalue weighted by molar-refractivity contribution is -0.385. The molecular weight excluding hydrogens is 252 g/mol. The Morgan fingerprint density at radius 1 is 1.42 bits per heavy atom. The zero-order valence-electron chi connectivity index (χ0n) is 10.6. The van der Waals surface area contributed by atoms with Gasteiger partial charge in [-0.2, -0.15) is 0 Å². The second-order valence-electron chi connectivity index (χ2n) is 3.79. The molecule has 1 rings (SSSR count). The molecule has 0 saturated heterocycles. The van der Waals surface area contributed by atoms with E-state index < -0.39 is 16.8 Å². The van der Waals surface area contributed by atoms with Crippen molar-refractivity contribution in [3.8, 4) is 0 Å². The van der Waals surface area contributed by atoms with Crippen molar-refractivity contribution < 1.29 is 19.2 Å². The molecule has 0 aliphatic carbocycles. The minimum atomic E-state index is -0.541. The molecule has 7 heteroatoms. The number of ether oxygens (including phenoxy) is 1. The van der Waals surface area contributed by atoms with Crippen molar-refractivity contribution >= 4 is 17.6 Å². The van der Waals surface area contributed by atoms with Crippen molar-refractivity contribution in [2.24, 2.45) is 0 Å². The summed E-state index contributed by atoms with van der Waals surface area (Å²) in [5, 5.41) is 13.3. The molecule has 0 heterocycles. The lowest BCUT2D eigenvalue weighted by atomic mass is 10.1. The van der Waals surface area contributed by atoms with E-state index in [1.807, 2.05) is 0 Å². The van der Waals surface area contributed by atoms with E-state index in [-0.39, 0.29) is 24.2 Å². The molecule has 1 N–H and O–H groups in total. The van der Waals surface area contributed by atoms with E-state index in [9.17, 15) is 19.7 Å². The third-order valence-electron chi connectivity index (χ3n) is 2.59. The molecule has 102 valence electrons. The fourth-order valence-corrected chi connectivity index (χ4v) is 1.54. The van der Waals surface area contributed by atoms with Gasteiger partial charge in [-0.1, -0.05) is 6.07 Å². The van der Waals surface area contributed by atoms with E-state index in [4.69, 9.17) is 0 Å². The van der Waals surface area contributed by atoms with Gasteiger partial charge in [0.15, 0.2) is 0 Å². The Morgan fingerprint density at radius 2 is 2.11 bits per heavy atom. The number of nitro groups is 1. The first-order chi connectivity index (χ1) is 8.97. The molecule has 1 aromatic rings. The van der Waals surface area contributed by atoms with Gasteiger partial charge in [0.1, 0.15) is 0 Å². The van der Waals surface area contributed by atoms with Crippen LogP contribution in [0.4, 0.5) is 5.69 Å². The van der Waals surface area contributed by atoms with Crippen LogP contribution in [0.3, 0.4) is 0 Å². The van der Waals surface area contributed by atoms with Crippen LogP contribution in [0.15, 0.2) is 18.2 Å². The number of methoxy groups -OCH3 is 1. The summed E-state index contributed by atoms with van der Waals surface area (Å²) < 4.78 is 4.43. The van der Waals surface area contributed by atoms with Crippen molar-refractivity contribution in [1.29, 1.82) is 0 Å². The van der Waals surface area contributed by atoms with Crippen molar-refractivity contribution in [3.05, 3.63) is 39.4 Å². The molecule has 0 atom stereocenters. The van der Waals surface area contributed by atoms with Gasteiger partial charge in [-0.05, 0) is 13.0 Å². The summed E-state index contributed by atoms with van der Waals surface area (Å²) in [6.07, 6.45) is 0.0518. The number of hydrogen-bond acceptors (Lipinski definition) is 5. The van der Waals surface area contributed by atoms with Crippen LogP contribution >= 0.6 is 0 Å². The molecule has 0 aliphatic rings. The number of amides is 1. The van der Waals surface area contributed by atoms with Gasteiger partial charge in [0, 0.05) is 23.7 Å².